The van der Waals surface area contributed by atoms with Gasteiger partial charge in [-0.05, 0) is 36.0 Å². The van der Waals surface area contributed by atoms with Crippen LogP contribution in [0.25, 0.3) is 0 Å². The van der Waals surface area contributed by atoms with Gasteiger partial charge < -0.3 is 21.0 Å². The maximum absolute atomic E-state index is 8.64. The summed E-state index contributed by atoms with van der Waals surface area (Å²) in [5, 5.41) is 15.1. The summed E-state index contributed by atoms with van der Waals surface area (Å²) in [6, 6.07) is 8.18. The third-order valence-electron chi connectivity index (χ3n) is 3.55. The van der Waals surface area contributed by atoms with Crippen molar-refractivity contribution in [3.05, 3.63) is 29.8 Å². The van der Waals surface area contributed by atoms with E-state index in [1.54, 1.807) is 7.11 Å². The number of anilines is 1. The smallest absolute Gasteiger partial charge is 0.139 e. The van der Waals surface area contributed by atoms with Crippen LogP contribution in [0.5, 0.6) is 0 Å². The SMILES string of the molecule is COCc1cccc(NCC2(CC(N)=NO)CC2)c1. The standard InChI is InChI=1S/C14H21N3O2/c1-19-9-11-3-2-4-12(7-11)16-10-14(5-6-14)8-13(15)17-18/h2-4,7,16,18H,5-6,8-10H2,1H3,(H2,15,17). The quantitative estimate of drug-likeness (QED) is 0.305. The molecule has 0 aromatic heterocycles. The first-order valence-corrected chi connectivity index (χ1v) is 6.46. The fourth-order valence-electron chi connectivity index (χ4n) is 2.24. The monoisotopic (exact) mass is 263 g/mol. The predicted octanol–water partition coefficient (Wildman–Crippen LogP) is 2.16. The Morgan fingerprint density at radius 1 is 1.53 bits per heavy atom. The van der Waals surface area contributed by atoms with Crippen LogP contribution in [0.3, 0.4) is 0 Å². The molecule has 1 aliphatic carbocycles. The molecule has 1 saturated carbocycles. The van der Waals surface area contributed by atoms with Crippen molar-refractivity contribution in [3.63, 3.8) is 0 Å². The number of rotatable bonds is 7. The van der Waals surface area contributed by atoms with Gasteiger partial charge in [0.2, 0.25) is 0 Å². The highest BCUT2D eigenvalue weighted by Crippen LogP contribution is 2.48. The second-order valence-corrected chi connectivity index (χ2v) is 5.26. The van der Waals surface area contributed by atoms with Crippen molar-refractivity contribution in [1.82, 2.24) is 0 Å². The minimum Gasteiger partial charge on any atom is -0.409 e. The van der Waals surface area contributed by atoms with Crippen LogP contribution in [0.15, 0.2) is 29.4 Å². The van der Waals surface area contributed by atoms with E-state index in [-0.39, 0.29) is 5.41 Å². The summed E-state index contributed by atoms with van der Waals surface area (Å²) in [5.41, 5.74) is 7.98. The Hall–Kier alpha value is -1.75. The first-order valence-electron chi connectivity index (χ1n) is 6.46. The molecule has 0 heterocycles. The van der Waals surface area contributed by atoms with Gasteiger partial charge in [0.1, 0.15) is 5.84 Å². The van der Waals surface area contributed by atoms with Crippen LogP contribution in [-0.2, 0) is 11.3 Å². The van der Waals surface area contributed by atoms with Crippen molar-refractivity contribution in [1.29, 1.82) is 0 Å². The molecule has 0 radical (unpaired) electrons. The number of oxime groups is 1. The van der Waals surface area contributed by atoms with Gasteiger partial charge in [-0.15, -0.1) is 0 Å². The van der Waals surface area contributed by atoms with Crippen LogP contribution in [-0.4, -0.2) is 24.7 Å². The van der Waals surface area contributed by atoms with Gasteiger partial charge in [-0.25, -0.2) is 0 Å². The highest BCUT2D eigenvalue weighted by atomic mass is 16.5. The first kappa shape index (κ1) is 13.7. The summed E-state index contributed by atoms with van der Waals surface area (Å²) < 4.78 is 5.12. The van der Waals surface area contributed by atoms with Gasteiger partial charge in [-0.2, -0.15) is 0 Å². The first-order chi connectivity index (χ1) is 9.17. The third kappa shape index (κ3) is 3.86. The Morgan fingerprint density at radius 3 is 2.95 bits per heavy atom. The van der Waals surface area contributed by atoms with Crippen LogP contribution in [0.2, 0.25) is 0 Å². The number of nitrogens with two attached hydrogens (primary N) is 1. The van der Waals surface area contributed by atoms with E-state index in [1.165, 1.54) is 0 Å². The van der Waals surface area contributed by atoms with E-state index in [2.05, 4.69) is 16.5 Å². The number of ether oxygens (including phenoxy) is 1. The van der Waals surface area contributed by atoms with Crippen LogP contribution < -0.4 is 11.1 Å². The lowest BCUT2D eigenvalue weighted by Crippen LogP contribution is -2.23. The average molecular weight is 263 g/mol. The molecule has 0 atom stereocenters. The fraction of sp³-hybridized carbons (Fsp3) is 0.500. The van der Waals surface area contributed by atoms with E-state index in [0.717, 1.165) is 30.6 Å². The summed E-state index contributed by atoms with van der Waals surface area (Å²) in [6.45, 7) is 1.46. The highest BCUT2D eigenvalue weighted by Gasteiger charge is 2.43. The van der Waals surface area contributed by atoms with E-state index < -0.39 is 0 Å². The van der Waals surface area contributed by atoms with Gasteiger partial charge in [-0.3, -0.25) is 0 Å². The van der Waals surface area contributed by atoms with Crippen molar-refractivity contribution in [2.45, 2.75) is 25.9 Å². The van der Waals surface area contributed by atoms with Crippen LogP contribution in [0.1, 0.15) is 24.8 Å². The van der Waals surface area contributed by atoms with Crippen molar-refractivity contribution in [2.24, 2.45) is 16.3 Å². The second kappa shape index (κ2) is 5.93. The van der Waals surface area contributed by atoms with E-state index in [1.807, 2.05) is 18.2 Å². The lowest BCUT2D eigenvalue weighted by Gasteiger charge is -2.16. The largest absolute Gasteiger partial charge is 0.409 e. The zero-order valence-electron chi connectivity index (χ0n) is 11.2. The number of amidine groups is 1. The van der Waals surface area contributed by atoms with Gasteiger partial charge in [0, 0.05) is 25.8 Å². The molecule has 104 valence electrons. The Kier molecular flexibility index (Phi) is 4.27. The molecule has 0 unspecified atom stereocenters. The van der Waals surface area contributed by atoms with E-state index in [0.29, 0.717) is 18.9 Å². The molecule has 1 aromatic carbocycles. The maximum Gasteiger partial charge on any atom is 0.139 e. The molecule has 5 heteroatoms. The minimum absolute atomic E-state index is 0.160. The zero-order chi connectivity index (χ0) is 13.7. The molecule has 4 N–H and O–H groups in total. The van der Waals surface area contributed by atoms with Gasteiger partial charge >= 0.3 is 0 Å². The Balaban J connectivity index is 1.90. The van der Waals surface area contributed by atoms with Crippen LogP contribution in [0, 0.1) is 5.41 Å². The molecule has 0 amide bonds. The lowest BCUT2D eigenvalue weighted by atomic mass is 10.0. The minimum atomic E-state index is 0.160. The second-order valence-electron chi connectivity index (χ2n) is 5.26. The molecule has 0 aliphatic heterocycles. The average Bonchev–Trinajstić information content (AvgIpc) is 3.17. The van der Waals surface area contributed by atoms with E-state index in [4.69, 9.17) is 15.7 Å². The molecule has 1 aliphatic rings. The van der Waals surface area contributed by atoms with Gasteiger partial charge in [0.25, 0.3) is 0 Å². The summed E-state index contributed by atoms with van der Waals surface area (Å²) in [6.07, 6.45) is 2.89. The predicted molar refractivity (Wildman–Crippen MR) is 75.3 cm³/mol. The zero-order valence-corrected chi connectivity index (χ0v) is 11.2. The molecule has 1 aromatic rings. The number of nitrogens with one attached hydrogen (secondary N) is 1. The van der Waals surface area contributed by atoms with Gasteiger partial charge in [0.15, 0.2) is 0 Å². The number of nitrogens with zero attached hydrogens (tertiary/aromatic N) is 1. The number of methoxy groups -OCH3 is 1. The number of benzene rings is 1. The third-order valence-corrected chi connectivity index (χ3v) is 3.55. The Labute approximate surface area is 113 Å². The Morgan fingerprint density at radius 2 is 2.32 bits per heavy atom. The Bertz CT molecular complexity index is 456. The molecule has 2 rings (SSSR count). The topological polar surface area (TPSA) is 79.9 Å². The summed E-state index contributed by atoms with van der Waals surface area (Å²) in [7, 11) is 1.69. The summed E-state index contributed by atoms with van der Waals surface area (Å²) in [5.74, 6) is 0.312. The number of hydrogen-bond donors (Lipinski definition) is 3. The van der Waals surface area contributed by atoms with Crippen LogP contribution in [0.4, 0.5) is 5.69 Å². The van der Waals surface area contributed by atoms with Gasteiger partial charge in [-0.1, -0.05) is 17.3 Å². The van der Waals surface area contributed by atoms with Crippen molar-refractivity contribution in [2.75, 3.05) is 19.0 Å². The lowest BCUT2D eigenvalue weighted by molar-refractivity contribution is 0.185. The summed E-state index contributed by atoms with van der Waals surface area (Å²) in [4.78, 5) is 0. The molecule has 19 heavy (non-hydrogen) atoms. The maximum atomic E-state index is 8.64. The molecule has 0 bridgehead atoms. The van der Waals surface area contributed by atoms with Crippen molar-refractivity contribution in [3.8, 4) is 0 Å². The molecule has 5 nitrogen and oxygen atoms in total. The molecule has 0 spiro atoms. The van der Waals surface area contributed by atoms with E-state index >= 15 is 0 Å². The molecular weight excluding hydrogens is 242 g/mol. The molecule has 0 saturated heterocycles. The molecule has 1 fully saturated rings. The molecular formula is C14H21N3O2. The van der Waals surface area contributed by atoms with Crippen LogP contribution >= 0.6 is 0 Å². The van der Waals surface area contributed by atoms with Crippen molar-refractivity contribution < 1.29 is 9.94 Å². The van der Waals surface area contributed by atoms with Gasteiger partial charge in [0.05, 0.1) is 6.61 Å². The fourth-order valence-corrected chi connectivity index (χ4v) is 2.24. The van der Waals surface area contributed by atoms with E-state index in [9.17, 15) is 0 Å². The van der Waals surface area contributed by atoms with Crippen molar-refractivity contribution >= 4 is 11.5 Å². The number of hydrogen-bond acceptors (Lipinski definition) is 4. The highest BCUT2D eigenvalue weighted by molar-refractivity contribution is 5.80. The summed E-state index contributed by atoms with van der Waals surface area (Å²) >= 11 is 0. The normalized spacial score (nSPS) is 17.2.